The molecule has 0 spiro atoms. The van der Waals surface area contributed by atoms with Gasteiger partial charge in [0.15, 0.2) is 0 Å². The molecule has 1 atom stereocenters. The maximum atomic E-state index is 12.6. The van der Waals surface area contributed by atoms with E-state index in [0.29, 0.717) is 12.1 Å². The molecule has 1 fully saturated rings. The average Bonchev–Trinajstić information content (AvgIpc) is 3.23. The first-order chi connectivity index (χ1) is 13.6. The van der Waals surface area contributed by atoms with Gasteiger partial charge in [-0.3, -0.25) is 9.69 Å². The van der Waals surface area contributed by atoms with Gasteiger partial charge in [-0.1, -0.05) is 28.1 Å². The van der Waals surface area contributed by atoms with Gasteiger partial charge in [-0.05, 0) is 80.2 Å². The molecule has 1 N–H and O–H groups in total. The molecule has 1 saturated heterocycles. The lowest BCUT2D eigenvalue weighted by Crippen LogP contribution is -2.37. The Hall–Kier alpha value is -1.85. The van der Waals surface area contributed by atoms with E-state index in [4.69, 9.17) is 0 Å². The van der Waals surface area contributed by atoms with Crippen LogP contribution in [0.1, 0.15) is 46.8 Å². The van der Waals surface area contributed by atoms with Crippen LogP contribution in [-0.4, -0.2) is 44.0 Å². The normalized spacial score (nSPS) is 18.0. The van der Waals surface area contributed by atoms with Gasteiger partial charge in [-0.2, -0.15) is 0 Å². The summed E-state index contributed by atoms with van der Waals surface area (Å²) in [6.07, 6.45) is 4.84. The summed E-state index contributed by atoms with van der Waals surface area (Å²) in [5.41, 5.74) is 4.83. The molecular formula is C23H28BrN3O. The number of anilines is 1. The molecule has 4 rings (SSSR count). The van der Waals surface area contributed by atoms with Gasteiger partial charge >= 0.3 is 0 Å². The highest BCUT2D eigenvalue weighted by atomic mass is 79.9. The highest BCUT2D eigenvalue weighted by molar-refractivity contribution is 9.10. The summed E-state index contributed by atoms with van der Waals surface area (Å²) in [6, 6.07) is 14.7. The van der Waals surface area contributed by atoms with Crippen LogP contribution in [0.5, 0.6) is 0 Å². The summed E-state index contributed by atoms with van der Waals surface area (Å²) in [6.45, 7) is 3.99. The minimum atomic E-state index is -0.00519. The molecule has 0 aliphatic carbocycles. The summed E-state index contributed by atoms with van der Waals surface area (Å²) in [5.74, 6) is -0.00519. The summed E-state index contributed by atoms with van der Waals surface area (Å²) < 4.78 is 0.984. The van der Waals surface area contributed by atoms with Crippen LogP contribution in [0, 0.1) is 0 Å². The van der Waals surface area contributed by atoms with Crippen molar-refractivity contribution in [2.45, 2.75) is 31.7 Å². The average molecular weight is 442 g/mol. The second-order valence-corrected chi connectivity index (χ2v) is 8.80. The molecule has 5 heteroatoms. The van der Waals surface area contributed by atoms with Crippen LogP contribution in [0.2, 0.25) is 0 Å². The second kappa shape index (κ2) is 8.66. The van der Waals surface area contributed by atoms with Crippen molar-refractivity contribution in [2.24, 2.45) is 0 Å². The summed E-state index contributed by atoms with van der Waals surface area (Å²) >= 11 is 3.42. The molecule has 1 amide bonds. The van der Waals surface area contributed by atoms with E-state index < -0.39 is 0 Å². The third kappa shape index (κ3) is 4.26. The highest BCUT2D eigenvalue weighted by Gasteiger charge is 2.25. The summed E-state index contributed by atoms with van der Waals surface area (Å²) in [4.78, 5) is 17.5. The number of rotatable bonds is 5. The Bertz CT molecular complexity index is 830. The van der Waals surface area contributed by atoms with E-state index in [2.05, 4.69) is 56.3 Å². The molecule has 2 heterocycles. The SMILES string of the molecule is CN1CCCc2cc(C(CNC(=O)c3ccc(Br)cc3)N3CCCC3)ccc21. The fraction of sp³-hybridized carbons (Fsp3) is 0.435. The monoisotopic (exact) mass is 441 g/mol. The van der Waals surface area contributed by atoms with Gasteiger partial charge < -0.3 is 10.2 Å². The molecular weight excluding hydrogens is 414 g/mol. The first kappa shape index (κ1) is 19.5. The molecule has 148 valence electrons. The van der Waals surface area contributed by atoms with Crippen molar-refractivity contribution in [3.8, 4) is 0 Å². The topological polar surface area (TPSA) is 35.6 Å². The number of nitrogens with one attached hydrogen (secondary N) is 1. The third-order valence-corrected chi connectivity index (χ3v) is 6.51. The van der Waals surface area contributed by atoms with Crippen molar-refractivity contribution in [3.63, 3.8) is 0 Å². The number of halogens is 1. The number of likely N-dealkylation sites (tertiary alicyclic amines) is 1. The third-order valence-electron chi connectivity index (χ3n) is 5.98. The number of fused-ring (bicyclic) bond motifs is 1. The van der Waals surface area contributed by atoms with E-state index >= 15 is 0 Å². The first-order valence-corrected chi connectivity index (χ1v) is 11.0. The van der Waals surface area contributed by atoms with Gasteiger partial charge in [0.25, 0.3) is 5.91 Å². The van der Waals surface area contributed by atoms with Crippen molar-refractivity contribution in [3.05, 3.63) is 63.6 Å². The van der Waals surface area contributed by atoms with Gasteiger partial charge in [0, 0.05) is 35.9 Å². The molecule has 1 unspecified atom stereocenters. The van der Waals surface area contributed by atoms with Crippen LogP contribution < -0.4 is 10.2 Å². The Labute approximate surface area is 176 Å². The van der Waals surface area contributed by atoms with Crippen LogP contribution in [0.4, 0.5) is 5.69 Å². The molecule has 0 radical (unpaired) electrons. The minimum absolute atomic E-state index is 0.00519. The van der Waals surface area contributed by atoms with Crippen molar-refractivity contribution in [1.29, 1.82) is 0 Å². The lowest BCUT2D eigenvalue weighted by Gasteiger charge is -2.32. The van der Waals surface area contributed by atoms with Crippen molar-refractivity contribution in [1.82, 2.24) is 10.2 Å². The van der Waals surface area contributed by atoms with Gasteiger partial charge in [0.2, 0.25) is 0 Å². The van der Waals surface area contributed by atoms with Crippen LogP contribution in [0.25, 0.3) is 0 Å². The summed E-state index contributed by atoms with van der Waals surface area (Å²) in [5, 5.41) is 3.18. The van der Waals surface area contributed by atoms with Crippen molar-refractivity contribution < 1.29 is 4.79 Å². The van der Waals surface area contributed by atoms with E-state index in [1.165, 1.54) is 36.1 Å². The zero-order valence-electron chi connectivity index (χ0n) is 16.5. The standard InChI is InChI=1S/C23H28BrN3O/c1-26-12-4-5-18-15-19(8-11-21(18)26)22(27-13-2-3-14-27)16-25-23(28)17-6-9-20(24)10-7-17/h6-11,15,22H,2-5,12-14,16H2,1H3,(H,25,28). The lowest BCUT2D eigenvalue weighted by molar-refractivity contribution is 0.0938. The number of benzene rings is 2. The first-order valence-electron chi connectivity index (χ1n) is 10.2. The number of hydrogen-bond donors (Lipinski definition) is 1. The highest BCUT2D eigenvalue weighted by Crippen LogP contribution is 2.31. The van der Waals surface area contributed by atoms with Crippen molar-refractivity contribution >= 4 is 27.5 Å². The number of hydrogen-bond acceptors (Lipinski definition) is 3. The number of carbonyl (C=O) groups excluding carboxylic acids is 1. The molecule has 2 aliphatic rings. The predicted octanol–water partition coefficient (Wildman–Crippen LogP) is 4.40. The van der Waals surface area contributed by atoms with Gasteiger partial charge in [-0.25, -0.2) is 0 Å². The van der Waals surface area contributed by atoms with E-state index in [1.54, 1.807) is 0 Å². The fourth-order valence-corrected chi connectivity index (χ4v) is 4.68. The van der Waals surface area contributed by atoms with E-state index in [9.17, 15) is 4.79 Å². The maximum absolute atomic E-state index is 12.6. The molecule has 0 saturated carbocycles. The largest absolute Gasteiger partial charge is 0.374 e. The van der Waals surface area contributed by atoms with Crippen LogP contribution in [0.3, 0.4) is 0 Å². The number of carbonyl (C=O) groups is 1. The quantitative estimate of drug-likeness (QED) is 0.746. The zero-order valence-corrected chi connectivity index (χ0v) is 18.0. The van der Waals surface area contributed by atoms with Gasteiger partial charge in [0.05, 0.1) is 6.04 Å². The van der Waals surface area contributed by atoms with Crippen LogP contribution in [0.15, 0.2) is 46.9 Å². The van der Waals surface area contributed by atoms with E-state index in [0.717, 1.165) is 30.5 Å². The number of aryl methyl sites for hydroxylation is 1. The number of amides is 1. The smallest absolute Gasteiger partial charge is 0.251 e. The molecule has 4 nitrogen and oxygen atoms in total. The molecule has 2 aromatic rings. The molecule has 2 aromatic carbocycles. The zero-order chi connectivity index (χ0) is 19.5. The molecule has 0 bridgehead atoms. The Kier molecular flexibility index (Phi) is 6.02. The Morgan fingerprint density at radius 2 is 1.82 bits per heavy atom. The van der Waals surface area contributed by atoms with Crippen LogP contribution >= 0.6 is 15.9 Å². The fourth-order valence-electron chi connectivity index (χ4n) is 4.42. The molecule has 2 aliphatic heterocycles. The number of nitrogens with zero attached hydrogens (tertiary/aromatic N) is 2. The Morgan fingerprint density at radius 3 is 2.57 bits per heavy atom. The maximum Gasteiger partial charge on any atom is 0.251 e. The van der Waals surface area contributed by atoms with E-state index in [-0.39, 0.29) is 11.9 Å². The Balaban J connectivity index is 1.52. The molecule has 0 aromatic heterocycles. The summed E-state index contributed by atoms with van der Waals surface area (Å²) in [7, 11) is 2.17. The lowest BCUT2D eigenvalue weighted by atomic mass is 9.96. The Morgan fingerprint density at radius 1 is 1.07 bits per heavy atom. The van der Waals surface area contributed by atoms with Crippen LogP contribution in [-0.2, 0) is 6.42 Å². The van der Waals surface area contributed by atoms with E-state index in [1.807, 2.05) is 24.3 Å². The second-order valence-electron chi connectivity index (χ2n) is 7.89. The van der Waals surface area contributed by atoms with Gasteiger partial charge in [-0.15, -0.1) is 0 Å². The van der Waals surface area contributed by atoms with Gasteiger partial charge in [0.1, 0.15) is 0 Å². The van der Waals surface area contributed by atoms with Crippen molar-refractivity contribution in [2.75, 3.05) is 38.1 Å². The predicted molar refractivity (Wildman–Crippen MR) is 118 cm³/mol. The molecule has 28 heavy (non-hydrogen) atoms. The minimum Gasteiger partial charge on any atom is -0.374 e.